The molecule has 0 amide bonds. The monoisotopic (exact) mass is 238 g/mol. The van der Waals surface area contributed by atoms with Crippen molar-refractivity contribution in [1.82, 2.24) is 0 Å². The zero-order chi connectivity index (χ0) is 9.97. The molecule has 2 rings (SSSR count). The van der Waals surface area contributed by atoms with Crippen molar-refractivity contribution in [2.24, 2.45) is 0 Å². The smallest absolute Gasteiger partial charge is 0.299 e. The molecule has 15 heavy (non-hydrogen) atoms. The Balaban J connectivity index is 0.00000112. The van der Waals surface area contributed by atoms with Crippen LogP contribution in [0, 0.1) is 0 Å². The van der Waals surface area contributed by atoms with E-state index in [-0.39, 0.29) is 17.4 Å². The largest absolute Gasteiger partial charge is 0.384 e. The van der Waals surface area contributed by atoms with Gasteiger partial charge in [-0.25, -0.2) is 0 Å². The van der Waals surface area contributed by atoms with Gasteiger partial charge in [0.15, 0.2) is 17.4 Å². The average Bonchev–Trinajstić information content (AvgIpc) is 2.18. The van der Waals surface area contributed by atoms with Crippen LogP contribution in [0.5, 0.6) is 5.75 Å². The molecule has 5 heteroatoms. The fourth-order valence-corrected chi connectivity index (χ4v) is 1.68. The Labute approximate surface area is 100.0 Å². The van der Waals surface area contributed by atoms with E-state index in [9.17, 15) is 8.42 Å². The summed E-state index contributed by atoms with van der Waals surface area (Å²) in [5, 5.41) is 1.76. The fraction of sp³-hybridized carbons (Fsp3) is 0. The number of hydrogen-bond donors (Lipinski definition) is 1. The summed E-state index contributed by atoms with van der Waals surface area (Å²) in [6.45, 7) is 0. The third kappa shape index (κ3) is 2.72. The summed E-state index contributed by atoms with van der Waals surface area (Å²) >= 11 is 0. The molecule has 0 atom stereocenters. The van der Waals surface area contributed by atoms with Crippen LogP contribution in [0.15, 0.2) is 42.5 Å². The summed E-state index contributed by atoms with van der Waals surface area (Å²) in [6.07, 6.45) is 0. The number of hydrogen-bond acceptors (Lipinski definition) is 3. The predicted octanol–water partition coefficient (Wildman–Crippen LogP) is 0.561. The molecule has 2 aromatic rings. The highest BCUT2D eigenvalue weighted by atomic mass is 32.2. The molecular weight excluding hydrogens is 227 g/mol. The van der Waals surface area contributed by atoms with Crippen molar-refractivity contribution >= 4 is 39.1 Å². The van der Waals surface area contributed by atoms with Gasteiger partial charge in [-0.1, -0.05) is 36.4 Å². The van der Waals surface area contributed by atoms with E-state index >= 15 is 0 Å². The summed E-state index contributed by atoms with van der Waals surface area (Å²) in [5.41, 5.74) is 0. The zero-order valence-electron chi connectivity index (χ0n) is 7.21. The molecule has 0 fully saturated rings. The van der Waals surface area contributed by atoms with Crippen LogP contribution in [0.2, 0.25) is 0 Å². The van der Waals surface area contributed by atoms with Gasteiger partial charge in [-0.2, -0.15) is 8.42 Å². The maximum absolute atomic E-state index is 10.4. The van der Waals surface area contributed by atoms with E-state index in [1.165, 1.54) is 0 Å². The lowest BCUT2D eigenvalue weighted by Gasteiger charge is -2.02. The first kappa shape index (κ1) is 12.1. The minimum Gasteiger partial charge on any atom is -0.384 e. The molecule has 0 heterocycles. The lowest BCUT2D eigenvalue weighted by Crippen LogP contribution is -1.90. The quantitative estimate of drug-likeness (QED) is 0.614. The summed E-state index contributed by atoms with van der Waals surface area (Å²) in [7, 11) is -2.85. The van der Waals surface area contributed by atoms with Gasteiger partial charge < -0.3 is 4.18 Å². The van der Waals surface area contributed by atoms with E-state index in [1.54, 1.807) is 12.1 Å². The van der Waals surface area contributed by atoms with Crippen molar-refractivity contribution in [1.29, 1.82) is 0 Å². The first-order chi connectivity index (χ1) is 6.77. The van der Waals surface area contributed by atoms with Crippen LogP contribution in [-0.4, -0.2) is 25.8 Å². The molecule has 0 spiro atoms. The Kier molecular flexibility index (Phi) is 4.16. The third-order valence-corrected chi connectivity index (χ3v) is 2.27. The van der Waals surface area contributed by atoms with Crippen LogP contribution in [-0.2, 0) is 11.0 Å². The molecule has 78 valence electrons. The Hall–Kier alpha value is -1.02. The minimum absolute atomic E-state index is 0. The predicted molar refractivity (Wildman–Crippen MR) is 64.8 cm³/mol. The molecule has 0 bridgehead atoms. The molecular formula is C10H11AlO3S. The molecule has 0 aliphatic heterocycles. The second-order valence-electron chi connectivity index (χ2n) is 2.79. The molecule has 0 unspecified atom stereocenters. The summed E-state index contributed by atoms with van der Waals surface area (Å²) in [6, 6.07) is 12.8. The maximum Gasteiger partial charge on any atom is 0.299 e. The highest BCUT2D eigenvalue weighted by Crippen LogP contribution is 2.24. The standard InChI is InChI=1S/C10H8O3S.Al.3H/c11-14(12)13-10-7-3-5-8-4-1-2-6-9(8)10;;;;/h1-7,14H;;;;. The Morgan fingerprint density at radius 3 is 2.33 bits per heavy atom. The number of rotatable bonds is 2. The van der Waals surface area contributed by atoms with Gasteiger partial charge in [0.25, 0.3) is 11.0 Å². The molecule has 0 aliphatic rings. The second-order valence-corrected chi connectivity index (χ2v) is 3.42. The maximum atomic E-state index is 10.4. The Morgan fingerprint density at radius 1 is 0.933 bits per heavy atom. The Bertz CT molecular complexity index is 524. The minimum atomic E-state index is -2.85. The average molecular weight is 238 g/mol. The second kappa shape index (κ2) is 5.17. The third-order valence-electron chi connectivity index (χ3n) is 1.92. The van der Waals surface area contributed by atoms with Gasteiger partial charge in [0, 0.05) is 5.39 Å². The van der Waals surface area contributed by atoms with Crippen LogP contribution in [0.3, 0.4) is 0 Å². The van der Waals surface area contributed by atoms with Crippen molar-refractivity contribution in [2.45, 2.75) is 0 Å². The SMILES string of the molecule is O=[SH](=O)Oc1cccc2ccccc12.[AlH3]. The van der Waals surface area contributed by atoms with E-state index in [4.69, 9.17) is 0 Å². The van der Waals surface area contributed by atoms with Gasteiger partial charge in [-0.05, 0) is 11.5 Å². The zero-order valence-corrected chi connectivity index (χ0v) is 8.11. The molecule has 0 aliphatic carbocycles. The molecule has 0 radical (unpaired) electrons. The number of fused-ring (bicyclic) bond motifs is 1. The first-order valence-corrected chi connectivity index (χ1v) is 5.17. The van der Waals surface area contributed by atoms with E-state index in [2.05, 4.69) is 4.18 Å². The van der Waals surface area contributed by atoms with Gasteiger partial charge in [-0.15, -0.1) is 0 Å². The highest BCUT2D eigenvalue weighted by molar-refractivity contribution is 7.67. The molecule has 0 aromatic heterocycles. The molecule has 0 saturated carbocycles. The number of thiol groups is 1. The van der Waals surface area contributed by atoms with Gasteiger partial charge in [0.2, 0.25) is 0 Å². The van der Waals surface area contributed by atoms with Crippen LogP contribution < -0.4 is 4.18 Å². The molecule has 3 nitrogen and oxygen atoms in total. The van der Waals surface area contributed by atoms with E-state index in [1.807, 2.05) is 30.3 Å². The van der Waals surface area contributed by atoms with Crippen LogP contribution in [0.25, 0.3) is 10.8 Å². The fourth-order valence-electron chi connectivity index (χ4n) is 1.36. The van der Waals surface area contributed by atoms with E-state index < -0.39 is 11.0 Å². The molecule has 2 aromatic carbocycles. The highest BCUT2D eigenvalue weighted by Gasteiger charge is 2.00. The van der Waals surface area contributed by atoms with E-state index in [0.717, 1.165) is 10.8 Å². The lowest BCUT2D eigenvalue weighted by molar-refractivity contribution is 0.513. The summed E-state index contributed by atoms with van der Waals surface area (Å²) < 4.78 is 25.5. The van der Waals surface area contributed by atoms with Crippen molar-refractivity contribution in [3.63, 3.8) is 0 Å². The van der Waals surface area contributed by atoms with E-state index in [0.29, 0.717) is 5.75 Å². The van der Waals surface area contributed by atoms with Crippen LogP contribution in [0.1, 0.15) is 0 Å². The summed E-state index contributed by atoms with van der Waals surface area (Å²) in [4.78, 5) is 0. The lowest BCUT2D eigenvalue weighted by atomic mass is 10.1. The van der Waals surface area contributed by atoms with Crippen LogP contribution >= 0.6 is 0 Å². The van der Waals surface area contributed by atoms with Gasteiger partial charge in [0.1, 0.15) is 5.75 Å². The topological polar surface area (TPSA) is 43.4 Å². The normalized spacial score (nSPS) is 9.93. The molecule has 0 N–H and O–H groups in total. The van der Waals surface area contributed by atoms with Gasteiger partial charge >= 0.3 is 0 Å². The number of benzene rings is 2. The van der Waals surface area contributed by atoms with Crippen molar-refractivity contribution in [2.75, 3.05) is 0 Å². The summed E-state index contributed by atoms with van der Waals surface area (Å²) in [5.74, 6) is 0.374. The van der Waals surface area contributed by atoms with Crippen molar-refractivity contribution in [3.8, 4) is 5.75 Å². The van der Waals surface area contributed by atoms with Crippen LogP contribution in [0.4, 0.5) is 0 Å². The van der Waals surface area contributed by atoms with Gasteiger partial charge in [-0.3, -0.25) is 0 Å². The van der Waals surface area contributed by atoms with Crippen molar-refractivity contribution in [3.05, 3.63) is 42.5 Å². The van der Waals surface area contributed by atoms with Gasteiger partial charge in [0.05, 0.1) is 0 Å². The van der Waals surface area contributed by atoms with Crippen molar-refractivity contribution < 1.29 is 12.6 Å². The first-order valence-electron chi connectivity index (χ1n) is 4.07. The molecule has 0 saturated heterocycles. The Morgan fingerprint density at radius 2 is 1.60 bits per heavy atom.